The van der Waals surface area contributed by atoms with Crippen LogP contribution in [0, 0.1) is 5.82 Å². The highest BCUT2D eigenvalue weighted by Crippen LogP contribution is 2.27. The lowest BCUT2D eigenvalue weighted by molar-refractivity contribution is 0.622. The summed E-state index contributed by atoms with van der Waals surface area (Å²) in [6.45, 7) is 4.10. The van der Waals surface area contributed by atoms with E-state index in [1.807, 2.05) is 0 Å². The van der Waals surface area contributed by atoms with Crippen molar-refractivity contribution in [2.45, 2.75) is 32.2 Å². The van der Waals surface area contributed by atoms with Crippen molar-refractivity contribution in [1.29, 1.82) is 0 Å². The number of hydrogen-bond donors (Lipinski definition) is 1. The van der Waals surface area contributed by atoms with Crippen molar-refractivity contribution in [2.75, 3.05) is 0 Å². The molecule has 0 spiro atoms. The first kappa shape index (κ1) is 14.4. The third-order valence-electron chi connectivity index (χ3n) is 2.86. The van der Waals surface area contributed by atoms with Gasteiger partial charge in [-0.25, -0.2) is 4.39 Å². The molecular weight excluding hydrogens is 285 g/mol. The van der Waals surface area contributed by atoms with Gasteiger partial charge in [0.05, 0.1) is 15.6 Å². The summed E-state index contributed by atoms with van der Waals surface area (Å²) in [5.41, 5.74) is 7.91. The Morgan fingerprint density at radius 3 is 2.79 bits per heavy atom. The van der Waals surface area contributed by atoms with Crippen molar-refractivity contribution in [1.82, 2.24) is 9.59 Å². The molecule has 1 atom stereocenters. The zero-order valence-electron chi connectivity index (χ0n) is 10.7. The van der Waals surface area contributed by atoms with E-state index in [2.05, 4.69) is 23.4 Å². The van der Waals surface area contributed by atoms with Gasteiger partial charge in [0, 0.05) is 6.04 Å². The molecule has 102 valence electrons. The Kier molecular flexibility index (Phi) is 4.50. The summed E-state index contributed by atoms with van der Waals surface area (Å²) in [6, 6.07) is 4.53. The number of nitrogens with two attached hydrogens (primary N) is 1. The van der Waals surface area contributed by atoms with Crippen LogP contribution in [0.15, 0.2) is 18.2 Å². The van der Waals surface area contributed by atoms with Gasteiger partial charge in [0.15, 0.2) is 0 Å². The average molecular weight is 300 g/mol. The summed E-state index contributed by atoms with van der Waals surface area (Å²) in [4.78, 5) is 0.963. The maximum atomic E-state index is 13.4. The zero-order chi connectivity index (χ0) is 14.0. The highest BCUT2D eigenvalue weighted by atomic mass is 35.5. The Balaban J connectivity index is 2.18. The van der Waals surface area contributed by atoms with Crippen molar-refractivity contribution < 1.29 is 4.39 Å². The summed E-state index contributed by atoms with van der Waals surface area (Å²) in [7, 11) is 0. The van der Waals surface area contributed by atoms with Crippen LogP contribution >= 0.6 is 23.1 Å². The van der Waals surface area contributed by atoms with Gasteiger partial charge in [-0.1, -0.05) is 36.0 Å². The quantitative estimate of drug-likeness (QED) is 0.936. The zero-order valence-corrected chi connectivity index (χ0v) is 12.3. The van der Waals surface area contributed by atoms with Crippen LogP contribution in [-0.2, 0) is 6.42 Å². The smallest absolute Gasteiger partial charge is 0.142 e. The molecule has 0 aliphatic carbocycles. The van der Waals surface area contributed by atoms with E-state index in [1.54, 1.807) is 12.1 Å². The number of benzene rings is 1. The Morgan fingerprint density at radius 1 is 1.42 bits per heavy atom. The van der Waals surface area contributed by atoms with Gasteiger partial charge in [-0.3, -0.25) is 0 Å². The Morgan fingerprint density at radius 2 is 2.16 bits per heavy atom. The van der Waals surface area contributed by atoms with Gasteiger partial charge >= 0.3 is 0 Å². The third kappa shape index (κ3) is 3.29. The molecule has 1 unspecified atom stereocenters. The molecule has 6 heteroatoms. The van der Waals surface area contributed by atoms with E-state index >= 15 is 0 Å². The van der Waals surface area contributed by atoms with Crippen LogP contribution in [0.3, 0.4) is 0 Å². The summed E-state index contributed by atoms with van der Waals surface area (Å²) in [5, 5.41) is 4.23. The van der Waals surface area contributed by atoms with E-state index in [-0.39, 0.29) is 17.0 Å². The number of hydrogen-bond acceptors (Lipinski definition) is 4. The SMILES string of the molecule is CC(C)c1nnsc1C(N)Cc1ccc(Cl)c(F)c1. The second-order valence-electron chi connectivity index (χ2n) is 4.74. The van der Waals surface area contributed by atoms with Gasteiger partial charge in [-0.05, 0) is 41.6 Å². The molecule has 0 saturated heterocycles. The normalized spacial score (nSPS) is 12.9. The summed E-state index contributed by atoms with van der Waals surface area (Å²) in [6.07, 6.45) is 0.539. The topological polar surface area (TPSA) is 51.8 Å². The highest BCUT2D eigenvalue weighted by Gasteiger charge is 2.18. The Hall–Kier alpha value is -1.04. The van der Waals surface area contributed by atoms with Crippen LogP contribution in [0.1, 0.15) is 41.9 Å². The number of halogens is 2. The lowest BCUT2D eigenvalue weighted by Crippen LogP contribution is -2.14. The second kappa shape index (κ2) is 5.94. The van der Waals surface area contributed by atoms with E-state index in [1.165, 1.54) is 17.6 Å². The van der Waals surface area contributed by atoms with Crippen LogP contribution in [0.25, 0.3) is 0 Å². The molecule has 0 aliphatic heterocycles. The molecule has 1 heterocycles. The molecule has 1 aromatic heterocycles. The first-order valence-electron chi connectivity index (χ1n) is 6.00. The van der Waals surface area contributed by atoms with E-state index in [4.69, 9.17) is 17.3 Å². The van der Waals surface area contributed by atoms with E-state index in [0.29, 0.717) is 6.42 Å². The molecular formula is C13H15ClFN3S. The van der Waals surface area contributed by atoms with Crippen molar-refractivity contribution >= 4 is 23.1 Å². The van der Waals surface area contributed by atoms with Crippen molar-refractivity contribution in [3.8, 4) is 0 Å². The standard InChI is InChI=1S/C13H15ClFN3S/c1-7(2)12-13(19-18-17-12)11(16)6-8-3-4-9(14)10(15)5-8/h3-5,7,11H,6,16H2,1-2H3. The minimum Gasteiger partial charge on any atom is -0.323 e. The van der Waals surface area contributed by atoms with Gasteiger partial charge in [0.25, 0.3) is 0 Å². The van der Waals surface area contributed by atoms with Crippen molar-refractivity contribution in [2.24, 2.45) is 5.73 Å². The Labute approximate surface area is 120 Å². The molecule has 19 heavy (non-hydrogen) atoms. The minimum absolute atomic E-state index is 0.125. The van der Waals surface area contributed by atoms with Gasteiger partial charge in [0.1, 0.15) is 5.82 Å². The van der Waals surface area contributed by atoms with E-state index in [9.17, 15) is 4.39 Å². The molecule has 2 N–H and O–H groups in total. The summed E-state index contributed by atoms with van der Waals surface area (Å²) in [5.74, 6) is -0.139. The van der Waals surface area contributed by atoms with Gasteiger partial charge in [-0.2, -0.15) is 0 Å². The maximum absolute atomic E-state index is 13.4. The predicted octanol–water partition coefficient (Wildman–Crippen LogP) is 3.70. The van der Waals surface area contributed by atoms with Gasteiger partial charge < -0.3 is 5.73 Å². The molecule has 0 amide bonds. The molecule has 1 aromatic carbocycles. The summed E-state index contributed by atoms with van der Waals surface area (Å²) >= 11 is 6.97. The first-order valence-corrected chi connectivity index (χ1v) is 7.15. The number of aromatic nitrogens is 2. The lowest BCUT2D eigenvalue weighted by Gasteiger charge is -2.12. The lowest BCUT2D eigenvalue weighted by atomic mass is 10.0. The van der Waals surface area contributed by atoms with Crippen LogP contribution in [0.5, 0.6) is 0 Å². The van der Waals surface area contributed by atoms with Crippen molar-refractivity contribution in [3.63, 3.8) is 0 Å². The third-order valence-corrected chi connectivity index (χ3v) is 4.04. The minimum atomic E-state index is -0.419. The molecule has 0 bridgehead atoms. The predicted molar refractivity (Wildman–Crippen MR) is 76.0 cm³/mol. The fourth-order valence-electron chi connectivity index (χ4n) is 1.88. The monoisotopic (exact) mass is 299 g/mol. The van der Waals surface area contributed by atoms with Gasteiger partial charge in [-0.15, -0.1) is 5.10 Å². The largest absolute Gasteiger partial charge is 0.323 e. The summed E-state index contributed by atoms with van der Waals surface area (Å²) < 4.78 is 17.3. The maximum Gasteiger partial charge on any atom is 0.142 e. The molecule has 3 nitrogen and oxygen atoms in total. The molecule has 0 aliphatic rings. The van der Waals surface area contributed by atoms with Crippen LogP contribution < -0.4 is 5.73 Å². The Bertz CT molecular complexity index is 571. The van der Waals surface area contributed by atoms with Crippen LogP contribution in [-0.4, -0.2) is 9.59 Å². The highest BCUT2D eigenvalue weighted by molar-refractivity contribution is 7.05. The van der Waals surface area contributed by atoms with Gasteiger partial charge in [0.2, 0.25) is 0 Å². The van der Waals surface area contributed by atoms with Crippen molar-refractivity contribution in [3.05, 3.63) is 45.2 Å². The van der Waals surface area contributed by atoms with E-state index < -0.39 is 5.82 Å². The molecule has 0 saturated carbocycles. The average Bonchev–Trinajstić information content (AvgIpc) is 2.83. The molecule has 0 fully saturated rings. The fraction of sp³-hybridized carbons (Fsp3) is 0.385. The van der Waals surface area contributed by atoms with Crippen LogP contribution in [0.4, 0.5) is 4.39 Å². The fourth-order valence-corrected chi connectivity index (χ4v) is 2.80. The first-order chi connectivity index (χ1) is 8.99. The number of rotatable bonds is 4. The van der Waals surface area contributed by atoms with E-state index in [0.717, 1.165) is 16.1 Å². The number of nitrogens with zero attached hydrogens (tertiary/aromatic N) is 2. The molecule has 0 radical (unpaired) electrons. The molecule has 2 aromatic rings. The molecule has 2 rings (SSSR count). The van der Waals surface area contributed by atoms with Crippen LogP contribution in [0.2, 0.25) is 5.02 Å². The second-order valence-corrected chi connectivity index (χ2v) is 5.93.